The highest BCUT2D eigenvalue weighted by atomic mass is 28.4. The lowest BCUT2D eigenvalue weighted by Crippen LogP contribution is -2.40. The van der Waals surface area contributed by atoms with Crippen LogP contribution in [0.25, 0.3) is 33.0 Å². The first-order valence-corrected chi connectivity index (χ1v) is 26.7. The summed E-state index contributed by atoms with van der Waals surface area (Å²) in [6.45, 7) is 29.8. The van der Waals surface area contributed by atoms with Gasteiger partial charge < -0.3 is 0 Å². The van der Waals surface area contributed by atoms with E-state index >= 15 is 0 Å². The van der Waals surface area contributed by atoms with Crippen LogP contribution in [0.3, 0.4) is 0 Å². The smallest absolute Gasteiger partial charge is 0.0773 e. The second-order valence-corrected chi connectivity index (χ2v) is 34.8. The van der Waals surface area contributed by atoms with E-state index in [0.717, 1.165) is 0 Å². The van der Waals surface area contributed by atoms with Crippen molar-refractivity contribution in [2.75, 3.05) is 0 Å². The summed E-state index contributed by atoms with van der Waals surface area (Å²) < 4.78 is 0. The molecule has 3 aromatic carbocycles. The minimum absolute atomic E-state index is 1.29. The van der Waals surface area contributed by atoms with Crippen LogP contribution in [0.1, 0.15) is 0 Å². The zero-order chi connectivity index (χ0) is 25.7. The van der Waals surface area contributed by atoms with Crippen molar-refractivity contribution >= 4 is 65.3 Å². The Kier molecular flexibility index (Phi) is 7.21. The SMILES string of the molecule is C[Si](C)(C)C(=C=c1c2ccccc2c(=C=C([Si](C)(C)C)[Si](C)(C)C)c2ccccc12)[Si](C)(C)C. The fourth-order valence-electron chi connectivity index (χ4n) is 5.65. The van der Waals surface area contributed by atoms with Crippen LogP contribution in [-0.2, 0) is 0 Å². The highest BCUT2D eigenvalue weighted by molar-refractivity contribution is 7.05. The third kappa shape index (κ3) is 5.60. The van der Waals surface area contributed by atoms with Crippen LogP contribution in [0.2, 0.25) is 78.6 Å². The summed E-state index contributed by atoms with van der Waals surface area (Å²) >= 11 is 0. The zero-order valence-electron chi connectivity index (χ0n) is 23.6. The van der Waals surface area contributed by atoms with Gasteiger partial charge in [-0.3, -0.25) is 0 Å². The maximum atomic E-state index is 4.11. The Morgan fingerprint density at radius 1 is 0.412 bits per heavy atom. The van der Waals surface area contributed by atoms with Crippen molar-refractivity contribution in [1.82, 2.24) is 0 Å². The van der Waals surface area contributed by atoms with Crippen LogP contribution in [0, 0.1) is 0 Å². The molecule has 0 aromatic heterocycles. The zero-order valence-corrected chi connectivity index (χ0v) is 27.6. The van der Waals surface area contributed by atoms with Crippen molar-refractivity contribution < 1.29 is 0 Å². The molecule has 0 bridgehead atoms. The van der Waals surface area contributed by atoms with E-state index in [0.29, 0.717) is 0 Å². The van der Waals surface area contributed by atoms with E-state index in [9.17, 15) is 0 Å². The Morgan fingerprint density at radius 3 is 0.794 bits per heavy atom. The van der Waals surface area contributed by atoms with Crippen molar-refractivity contribution in [3.05, 3.63) is 68.6 Å². The monoisotopic (exact) mass is 516 g/mol. The van der Waals surface area contributed by atoms with Crippen LogP contribution in [0.4, 0.5) is 0 Å². The fraction of sp³-hybridized carbons (Fsp3) is 0.400. The Balaban J connectivity index is 2.85. The molecule has 0 amide bonds. The van der Waals surface area contributed by atoms with E-state index in [2.05, 4.69) is 139 Å². The largest absolute Gasteiger partial charge is 0.121 e. The Labute approximate surface area is 211 Å². The summed E-state index contributed by atoms with van der Waals surface area (Å²) in [5.74, 6) is 0. The summed E-state index contributed by atoms with van der Waals surface area (Å²) in [4.78, 5) is 3.26. The van der Waals surface area contributed by atoms with E-state index < -0.39 is 32.3 Å². The maximum absolute atomic E-state index is 4.11. The topological polar surface area (TPSA) is 0 Å². The lowest BCUT2D eigenvalue weighted by Gasteiger charge is -2.29. The van der Waals surface area contributed by atoms with Gasteiger partial charge in [-0.2, -0.15) is 0 Å². The van der Waals surface area contributed by atoms with E-state index in [1.54, 1.807) is 9.64 Å². The first kappa shape index (κ1) is 26.9. The van der Waals surface area contributed by atoms with E-state index in [1.807, 2.05) is 0 Å². The van der Waals surface area contributed by atoms with Crippen LogP contribution in [-0.4, -0.2) is 32.3 Å². The lowest BCUT2D eigenvalue weighted by atomic mass is 9.98. The van der Waals surface area contributed by atoms with Gasteiger partial charge in [0.2, 0.25) is 0 Å². The predicted molar refractivity (Wildman–Crippen MR) is 168 cm³/mol. The van der Waals surface area contributed by atoms with Crippen molar-refractivity contribution in [1.29, 1.82) is 0 Å². The Bertz CT molecular complexity index is 1230. The van der Waals surface area contributed by atoms with Gasteiger partial charge in [-0.1, -0.05) is 137 Å². The van der Waals surface area contributed by atoms with Crippen LogP contribution in [0.15, 0.2) is 58.2 Å². The second kappa shape index (κ2) is 9.09. The number of rotatable bonds is 4. The van der Waals surface area contributed by atoms with Crippen molar-refractivity contribution in [3.63, 3.8) is 0 Å². The molecule has 3 aromatic rings. The third-order valence-electron chi connectivity index (χ3n) is 6.43. The molecule has 180 valence electrons. The van der Waals surface area contributed by atoms with E-state index in [4.69, 9.17) is 0 Å². The number of hydrogen-bond donors (Lipinski definition) is 0. The summed E-state index contributed by atoms with van der Waals surface area (Å²) in [6.07, 6.45) is 0. The molecule has 0 saturated heterocycles. The molecule has 0 fully saturated rings. The molecule has 0 aliphatic carbocycles. The first-order chi connectivity index (χ1) is 15.4. The Morgan fingerprint density at radius 2 is 0.618 bits per heavy atom. The molecule has 0 N–H and O–H groups in total. The summed E-state index contributed by atoms with van der Waals surface area (Å²) in [6, 6.07) is 18.0. The van der Waals surface area contributed by atoms with Gasteiger partial charge in [-0.05, 0) is 21.5 Å². The van der Waals surface area contributed by atoms with E-state index in [1.165, 1.54) is 32.0 Å². The summed E-state index contributed by atoms with van der Waals surface area (Å²) in [5, 5.41) is 7.87. The fourth-order valence-corrected chi connectivity index (χ4v) is 25.6. The molecule has 34 heavy (non-hydrogen) atoms. The third-order valence-corrected chi connectivity index (χ3v) is 21.9. The van der Waals surface area contributed by atoms with Gasteiger partial charge in [0, 0.05) is 10.4 Å². The number of fused-ring (bicyclic) bond motifs is 2. The molecule has 0 aliphatic rings. The predicted octanol–water partition coefficient (Wildman–Crippen LogP) is 8.11. The van der Waals surface area contributed by atoms with Gasteiger partial charge in [0.05, 0.1) is 32.3 Å². The molecular weight excluding hydrogens is 473 g/mol. The average molecular weight is 517 g/mol. The Hall–Kier alpha value is -1.65. The van der Waals surface area contributed by atoms with Gasteiger partial charge in [0.15, 0.2) is 0 Å². The summed E-state index contributed by atoms with van der Waals surface area (Å²) in [7, 11) is -6.04. The number of hydrogen-bond acceptors (Lipinski definition) is 0. The first-order valence-electron chi connectivity index (χ1n) is 12.7. The van der Waals surface area contributed by atoms with Crippen molar-refractivity contribution in [2.45, 2.75) is 78.6 Å². The standard InChI is InChI=1S/C30H44Si4/c1-31(2,3)29(32(4,5)6)21-27-23-17-13-15-19-25(23)28(26-20-16-14-18-24(26)27)22-30(33(7,8)9)34(10,11)12/h13-20H,1-12H3. The molecule has 0 heterocycles. The van der Waals surface area contributed by atoms with Crippen LogP contribution in [0.5, 0.6) is 0 Å². The lowest BCUT2D eigenvalue weighted by molar-refractivity contribution is 1.63. The minimum Gasteiger partial charge on any atom is -0.121 e. The molecule has 0 saturated carbocycles. The summed E-state index contributed by atoms with van der Waals surface area (Å²) in [5.41, 5.74) is 8.22. The van der Waals surface area contributed by atoms with Crippen molar-refractivity contribution in [2.24, 2.45) is 0 Å². The molecule has 0 unspecified atom stereocenters. The van der Waals surface area contributed by atoms with Crippen LogP contribution < -0.4 is 10.4 Å². The van der Waals surface area contributed by atoms with Gasteiger partial charge in [0.1, 0.15) is 0 Å². The molecule has 0 aliphatic heterocycles. The maximum Gasteiger partial charge on any atom is 0.0773 e. The van der Waals surface area contributed by atoms with Gasteiger partial charge in [-0.15, -0.1) is 11.5 Å². The van der Waals surface area contributed by atoms with Gasteiger partial charge >= 0.3 is 0 Å². The normalized spacial score (nSPS) is 13.1. The average Bonchev–Trinajstić information content (AvgIpc) is 2.66. The molecule has 0 atom stereocenters. The second-order valence-electron chi connectivity index (χ2n) is 13.8. The molecule has 0 radical (unpaired) electrons. The molecule has 4 heteroatoms. The highest BCUT2D eigenvalue weighted by Gasteiger charge is 2.32. The molecular formula is C30H44Si4. The van der Waals surface area contributed by atoms with Gasteiger partial charge in [0.25, 0.3) is 0 Å². The van der Waals surface area contributed by atoms with Crippen LogP contribution >= 0.6 is 0 Å². The van der Waals surface area contributed by atoms with Gasteiger partial charge in [-0.25, -0.2) is 0 Å². The number of benzene rings is 3. The van der Waals surface area contributed by atoms with E-state index in [-0.39, 0.29) is 0 Å². The molecule has 0 spiro atoms. The quantitative estimate of drug-likeness (QED) is 0.243. The molecule has 3 rings (SSSR count). The molecule has 0 nitrogen and oxygen atoms in total. The minimum atomic E-state index is -1.51. The highest BCUT2D eigenvalue weighted by Crippen LogP contribution is 2.26. The van der Waals surface area contributed by atoms with Crippen molar-refractivity contribution in [3.8, 4) is 0 Å².